The van der Waals surface area contributed by atoms with Gasteiger partial charge in [0, 0.05) is 10.9 Å². The van der Waals surface area contributed by atoms with Crippen LogP contribution in [0.25, 0.3) is 0 Å². The van der Waals surface area contributed by atoms with Crippen molar-refractivity contribution in [3.63, 3.8) is 0 Å². The molecular weight excluding hydrogens is 220 g/mol. The van der Waals surface area contributed by atoms with Crippen LogP contribution in [0, 0.1) is 0 Å². The Morgan fingerprint density at radius 1 is 1.56 bits per heavy atom. The Morgan fingerprint density at radius 2 is 2.56 bits per heavy atom. The number of aryl methyl sites for hydroxylation is 1. The molecule has 84 valence electrons. The number of nitrogens with one attached hydrogen (secondary N) is 1. The minimum Gasteiger partial charge on any atom is -0.447 e. The summed E-state index contributed by atoms with van der Waals surface area (Å²) in [7, 11) is 0. The number of aromatic nitrogens is 1. The normalized spacial score (nSPS) is 19.6. The van der Waals surface area contributed by atoms with Crippen molar-refractivity contribution in [2.24, 2.45) is 0 Å². The number of oxazole rings is 1. The molecular formula is C12H14N2OS. The predicted octanol–water partition coefficient (Wildman–Crippen LogP) is 2.90. The van der Waals surface area contributed by atoms with Crippen LogP contribution in [0.2, 0.25) is 0 Å². The average molecular weight is 234 g/mol. The second-order valence-electron chi connectivity index (χ2n) is 4.09. The Balaban J connectivity index is 1.69. The highest BCUT2D eigenvalue weighted by molar-refractivity contribution is 7.10. The fraction of sp³-hybridized carbons (Fsp3) is 0.417. The van der Waals surface area contributed by atoms with Gasteiger partial charge in [-0.25, -0.2) is 4.98 Å². The predicted molar refractivity (Wildman–Crippen MR) is 63.3 cm³/mol. The third-order valence-corrected chi connectivity index (χ3v) is 4.05. The molecule has 3 nitrogen and oxygen atoms in total. The lowest BCUT2D eigenvalue weighted by Gasteiger charge is -2.23. The van der Waals surface area contributed by atoms with Crippen LogP contribution in [-0.4, -0.2) is 4.98 Å². The number of thiophene rings is 1. The van der Waals surface area contributed by atoms with Gasteiger partial charge in [0.15, 0.2) is 6.39 Å². The lowest BCUT2D eigenvalue weighted by molar-refractivity contribution is 0.418. The molecule has 0 saturated heterocycles. The molecule has 2 aromatic rings. The van der Waals surface area contributed by atoms with Crippen LogP contribution < -0.4 is 5.32 Å². The van der Waals surface area contributed by atoms with Gasteiger partial charge in [-0.2, -0.15) is 0 Å². The summed E-state index contributed by atoms with van der Waals surface area (Å²) in [6.45, 7) is 0.764. The van der Waals surface area contributed by atoms with Gasteiger partial charge in [-0.15, -0.1) is 11.3 Å². The van der Waals surface area contributed by atoms with E-state index >= 15 is 0 Å². The Morgan fingerprint density at radius 3 is 3.44 bits per heavy atom. The summed E-state index contributed by atoms with van der Waals surface area (Å²) in [5.74, 6) is 0.905. The Bertz CT molecular complexity index is 449. The molecule has 3 rings (SSSR count). The zero-order valence-corrected chi connectivity index (χ0v) is 9.80. The van der Waals surface area contributed by atoms with Gasteiger partial charge in [0.2, 0.25) is 0 Å². The maximum absolute atomic E-state index is 5.22. The Labute approximate surface area is 98.5 Å². The van der Waals surface area contributed by atoms with E-state index in [1.165, 1.54) is 31.2 Å². The van der Waals surface area contributed by atoms with E-state index < -0.39 is 0 Å². The lowest BCUT2D eigenvalue weighted by atomic mass is 9.94. The summed E-state index contributed by atoms with van der Waals surface area (Å²) in [6.07, 6.45) is 6.99. The first-order valence-corrected chi connectivity index (χ1v) is 6.48. The van der Waals surface area contributed by atoms with E-state index in [0.29, 0.717) is 6.04 Å². The number of hydrogen-bond acceptors (Lipinski definition) is 4. The lowest BCUT2D eigenvalue weighted by Crippen LogP contribution is -2.23. The van der Waals surface area contributed by atoms with Crippen LogP contribution >= 0.6 is 11.3 Å². The molecule has 0 bridgehead atoms. The highest BCUT2D eigenvalue weighted by atomic mass is 32.1. The van der Waals surface area contributed by atoms with Gasteiger partial charge in [0.1, 0.15) is 5.76 Å². The molecule has 1 atom stereocenters. The molecule has 0 amide bonds. The molecule has 4 heteroatoms. The first-order valence-electron chi connectivity index (χ1n) is 5.60. The molecule has 1 aliphatic rings. The first kappa shape index (κ1) is 10.1. The third kappa shape index (κ3) is 1.90. The molecule has 0 aliphatic heterocycles. The van der Waals surface area contributed by atoms with E-state index in [0.717, 1.165) is 12.3 Å². The number of hydrogen-bond donors (Lipinski definition) is 1. The van der Waals surface area contributed by atoms with Crippen LogP contribution in [0.3, 0.4) is 0 Å². The molecule has 16 heavy (non-hydrogen) atoms. The largest absolute Gasteiger partial charge is 0.447 e. The van der Waals surface area contributed by atoms with Crippen molar-refractivity contribution >= 4 is 11.3 Å². The summed E-state index contributed by atoms with van der Waals surface area (Å²) in [4.78, 5) is 5.46. The Kier molecular flexibility index (Phi) is 2.76. The van der Waals surface area contributed by atoms with Crippen LogP contribution in [0.1, 0.15) is 35.1 Å². The van der Waals surface area contributed by atoms with Gasteiger partial charge in [0.05, 0.1) is 12.7 Å². The van der Waals surface area contributed by atoms with E-state index in [9.17, 15) is 0 Å². The summed E-state index contributed by atoms with van der Waals surface area (Å²) >= 11 is 1.88. The van der Waals surface area contributed by atoms with Crippen LogP contribution in [0.15, 0.2) is 28.5 Å². The van der Waals surface area contributed by atoms with E-state index in [1.807, 2.05) is 11.3 Å². The molecule has 2 heterocycles. The SMILES string of the molecule is c1ncc(CNC2CCCc3sccc32)o1. The van der Waals surface area contributed by atoms with Gasteiger partial charge < -0.3 is 9.73 Å². The second-order valence-corrected chi connectivity index (χ2v) is 5.09. The van der Waals surface area contributed by atoms with Crippen molar-refractivity contribution in [2.75, 3.05) is 0 Å². The highest BCUT2D eigenvalue weighted by Gasteiger charge is 2.20. The zero-order chi connectivity index (χ0) is 10.8. The van der Waals surface area contributed by atoms with E-state index in [2.05, 4.69) is 21.7 Å². The van der Waals surface area contributed by atoms with E-state index in [-0.39, 0.29) is 0 Å². The van der Waals surface area contributed by atoms with Gasteiger partial charge >= 0.3 is 0 Å². The van der Waals surface area contributed by atoms with Gasteiger partial charge in [0.25, 0.3) is 0 Å². The molecule has 1 N–H and O–H groups in total. The van der Waals surface area contributed by atoms with Gasteiger partial charge in [-0.05, 0) is 36.3 Å². The van der Waals surface area contributed by atoms with E-state index in [4.69, 9.17) is 4.42 Å². The van der Waals surface area contributed by atoms with E-state index in [1.54, 1.807) is 11.1 Å². The van der Waals surface area contributed by atoms with Crippen molar-refractivity contribution in [1.29, 1.82) is 0 Å². The zero-order valence-electron chi connectivity index (χ0n) is 8.98. The van der Waals surface area contributed by atoms with Crippen LogP contribution in [0.5, 0.6) is 0 Å². The topological polar surface area (TPSA) is 38.1 Å². The van der Waals surface area contributed by atoms with Crippen LogP contribution in [0.4, 0.5) is 0 Å². The van der Waals surface area contributed by atoms with Crippen molar-refractivity contribution in [2.45, 2.75) is 31.8 Å². The molecule has 0 fully saturated rings. The maximum atomic E-state index is 5.22. The molecule has 0 spiro atoms. The fourth-order valence-electron chi connectivity index (χ4n) is 2.25. The summed E-state index contributed by atoms with van der Waals surface area (Å²) in [5.41, 5.74) is 1.48. The number of nitrogens with zero attached hydrogens (tertiary/aromatic N) is 1. The molecule has 1 unspecified atom stereocenters. The smallest absolute Gasteiger partial charge is 0.180 e. The summed E-state index contributed by atoms with van der Waals surface area (Å²) < 4.78 is 5.22. The van der Waals surface area contributed by atoms with Crippen molar-refractivity contribution in [3.8, 4) is 0 Å². The number of rotatable bonds is 3. The van der Waals surface area contributed by atoms with Crippen molar-refractivity contribution in [1.82, 2.24) is 10.3 Å². The second kappa shape index (κ2) is 4.39. The van der Waals surface area contributed by atoms with Crippen molar-refractivity contribution in [3.05, 3.63) is 40.2 Å². The maximum Gasteiger partial charge on any atom is 0.180 e. The first-order chi connectivity index (χ1) is 7.93. The fourth-order valence-corrected chi connectivity index (χ4v) is 3.24. The molecule has 1 aliphatic carbocycles. The molecule has 0 aromatic carbocycles. The monoisotopic (exact) mass is 234 g/mol. The van der Waals surface area contributed by atoms with Crippen LogP contribution in [-0.2, 0) is 13.0 Å². The van der Waals surface area contributed by atoms with Crippen molar-refractivity contribution < 1.29 is 4.42 Å². The third-order valence-electron chi connectivity index (χ3n) is 3.06. The minimum atomic E-state index is 0.486. The summed E-state index contributed by atoms with van der Waals surface area (Å²) in [6, 6.07) is 2.73. The van der Waals surface area contributed by atoms with Gasteiger partial charge in [-0.3, -0.25) is 0 Å². The average Bonchev–Trinajstić information content (AvgIpc) is 2.97. The Hall–Kier alpha value is -1.13. The highest BCUT2D eigenvalue weighted by Crippen LogP contribution is 2.33. The molecule has 0 radical (unpaired) electrons. The van der Waals surface area contributed by atoms with Gasteiger partial charge in [-0.1, -0.05) is 0 Å². The standard InChI is InChI=1S/C12H14N2OS/c1-2-11(10-4-5-16-12(10)3-1)14-7-9-6-13-8-15-9/h4-6,8,11,14H,1-3,7H2. The molecule has 0 saturated carbocycles. The summed E-state index contributed by atoms with van der Waals surface area (Å²) in [5, 5.41) is 5.73. The minimum absolute atomic E-state index is 0.486. The quantitative estimate of drug-likeness (QED) is 0.887. The number of fused-ring (bicyclic) bond motifs is 1. The molecule has 2 aromatic heterocycles.